The Balaban J connectivity index is 1.44. The molecule has 0 spiro atoms. The molecular weight excluding hydrogens is 394 g/mol. The summed E-state index contributed by atoms with van der Waals surface area (Å²) in [6.07, 6.45) is 5.14. The molecule has 4 rings (SSSR count). The van der Waals surface area contributed by atoms with Crippen molar-refractivity contribution in [3.8, 4) is 0 Å². The normalized spacial score (nSPS) is 24.5. The molecule has 0 radical (unpaired) electrons. The third-order valence-electron chi connectivity index (χ3n) is 5.97. The maximum atomic E-state index is 12.6. The monoisotopic (exact) mass is 419 g/mol. The van der Waals surface area contributed by atoms with Gasteiger partial charge in [-0.3, -0.25) is 14.5 Å². The standard InChI is InChI=1S/C20H25N3O5S/c24-18(15-6-2-1-3-7-15)21-16-8-4-5-14(11-16)12-23-19(25)17-13-29(27,28)10-9-22(17)20(23)26/h4-5,8,11,15,17H,1-3,6-7,9-10,12-13H2,(H,21,24)/t17-/m0/s1. The maximum Gasteiger partial charge on any atom is 0.327 e. The van der Waals surface area contributed by atoms with E-state index < -0.39 is 27.8 Å². The van der Waals surface area contributed by atoms with Gasteiger partial charge in [0.2, 0.25) is 5.91 Å². The Morgan fingerprint density at radius 3 is 2.66 bits per heavy atom. The molecule has 156 valence electrons. The van der Waals surface area contributed by atoms with Gasteiger partial charge >= 0.3 is 6.03 Å². The van der Waals surface area contributed by atoms with Crippen molar-refractivity contribution < 1.29 is 22.8 Å². The van der Waals surface area contributed by atoms with Crippen molar-refractivity contribution in [3.05, 3.63) is 29.8 Å². The van der Waals surface area contributed by atoms with Gasteiger partial charge in [0.1, 0.15) is 6.04 Å². The lowest BCUT2D eigenvalue weighted by atomic mass is 9.88. The summed E-state index contributed by atoms with van der Waals surface area (Å²) in [5.41, 5.74) is 1.34. The second kappa shape index (κ2) is 7.78. The Morgan fingerprint density at radius 2 is 1.90 bits per heavy atom. The van der Waals surface area contributed by atoms with E-state index in [1.165, 1.54) is 11.3 Å². The van der Waals surface area contributed by atoms with Crippen LogP contribution in [0.5, 0.6) is 0 Å². The van der Waals surface area contributed by atoms with Gasteiger partial charge in [-0.15, -0.1) is 0 Å². The molecule has 2 saturated heterocycles. The van der Waals surface area contributed by atoms with Crippen LogP contribution in [0.25, 0.3) is 0 Å². The number of sulfone groups is 1. The summed E-state index contributed by atoms with van der Waals surface area (Å²) in [6.45, 7) is 0.101. The van der Waals surface area contributed by atoms with Crippen LogP contribution in [-0.2, 0) is 26.0 Å². The van der Waals surface area contributed by atoms with Crippen LogP contribution in [0.3, 0.4) is 0 Å². The maximum absolute atomic E-state index is 12.6. The highest BCUT2D eigenvalue weighted by molar-refractivity contribution is 7.91. The molecule has 8 nitrogen and oxygen atoms in total. The number of benzene rings is 1. The minimum Gasteiger partial charge on any atom is -0.326 e. The van der Waals surface area contributed by atoms with Crippen molar-refractivity contribution in [2.75, 3.05) is 23.4 Å². The number of urea groups is 1. The lowest BCUT2D eigenvalue weighted by Gasteiger charge is -2.26. The fraction of sp³-hybridized carbons (Fsp3) is 0.550. The topological polar surface area (TPSA) is 104 Å². The molecule has 1 N–H and O–H groups in total. The van der Waals surface area contributed by atoms with Crippen molar-refractivity contribution in [1.82, 2.24) is 9.80 Å². The van der Waals surface area contributed by atoms with E-state index in [0.717, 1.165) is 30.6 Å². The van der Waals surface area contributed by atoms with E-state index in [2.05, 4.69) is 5.32 Å². The largest absolute Gasteiger partial charge is 0.327 e. The van der Waals surface area contributed by atoms with Gasteiger partial charge in [0.25, 0.3) is 5.91 Å². The van der Waals surface area contributed by atoms with Crippen molar-refractivity contribution in [3.63, 3.8) is 0 Å². The van der Waals surface area contributed by atoms with Gasteiger partial charge in [0.05, 0.1) is 18.1 Å². The van der Waals surface area contributed by atoms with E-state index >= 15 is 0 Å². The zero-order valence-electron chi connectivity index (χ0n) is 16.2. The van der Waals surface area contributed by atoms with E-state index in [1.807, 2.05) is 0 Å². The highest BCUT2D eigenvalue weighted by Crippen LogP contribution is 2.27. The average Bonchev–Trinajstić information content (AvgIpc) is 2.92. The van der Waals surface area contributed by atoms with Gasteiger partial charge in [-0.25, -0.2) is 13.2 Å². The van der Waals surface area contributed by atoms with Gasteiger partial charge in [0.15, 0.2) is 9.84 Å². The minimum absolute atomic E-state index is 0.0116. The minimum atomic E-state index is -3.31. The smallest absolute Gasteiger partial charge is 0.326 e. The summed E-state index contributed by atoms with van der Waals surface area (Å²) in [7, 11) is -3.31. The summed E-state index contributed by atoms with van der Waals surface area (Å²) in [5, 5.41) is 2.94. The first-order chi connectivity index (χ1) is 13.8. The van der Waals surface area contributed by atoms with Crippen molar-refractivity contribution in [1.29, 1.82) is 0 Å². The molecule has 2 aliphatic heterocycles. The molecule has 29 heavy (non-hydrogen) atoms. The van der Waals surface area contributed by atoms with Gasteiger partial charge < -0.3 is 10.2 Å². The summed E-state index contributed by atoms with van der Waals surface area (Å²) >= 11 is 0. The fourth-order valence-electron chi connectivity index (χ4n) is 4.35. The second-order valence-corrected chi connectivity index (χ2v) is 10.3. The van der Waals surface area contributed by atoms with Crippen LogP contribution in [0.1, 0.15) is 37.7 Å². The predicted molar refractivity (Wildman–Crippen MR) is 107 cm³/mol. The molecular formula is C20H25N3O5S. The molecule has 0 aromatic heterocycles. The average molecular weight is 420 g/mol. The summed E-state index contributed by atoms with van der Waals surface area (Å²) in [5.74, 6) is -0.857. The van der Waals surface area contributed by atoms with Gasteiger partial charge in [-0.05, 0) is 30.5 Å². The number of nitrogens with zero attached hydrogens (tertiary/aromatic N) is 2. The fourth-order valence-corrected chi connectivity index (χ4v) is 5.80. The number of carbonyl (C=O) groups is 3. The van der Waals surface area contributed by atoms with Crippen LogP contribution < -0.4 is 5.32 Å². The molecule has 1 aromatic rings. The van der Waals surface area contributed by atoms with Gasteiger partial charge in [0, 0.05) is 18.2 Å². The number of amides is 4. The first-order valence-corrected chi connectivity index (χ1v) is 11.9. The van der Waals surface area contributed by atoms with Crippen LogP contribution in [0.2, 0.25) is 0 Å². The molecule has 1 atom stereocenters. The highest BCUT2D eigenvalue weighted by atomic mass is 32.2. The number of hydrogen-bond donors (Lipinski definition) is 1. The molecule has 3 fully saturated rings. The summed E-state index contributed by atoms with van der Waals surface area (Å²) in [6, 6.07) is 5.73. The Morgan fingerprint density at radius 1 is 1.14 bits per heavy atom. The van der Waals surface area contributed by atoms with Crippen molar-refractivity contribution in [2.45, 2.75) is 44.7 Å². The Hall–Kier alpha value is -2.42. The van der Waals surface area contributed by atoms with Gasteiger partial charge in [-0.2, -0.15) is 0 Å². The quantitative estimate of drug-likeness (QED) is 0.749. The predicted octanol–water partition coefficient (Wildman–Crippen LogP) is 1.77. The number of anilines is 1. The lowest BCUT2D eigenvalue weighted by molar-refractivity contribution is -0.128. The van der Waals surface area contributed by atoms with Gasteiger partial charge in [-0.1, -0.05) is 31.4 Å². The summed E-state index contributed by atoms with van der Waals surface area (Å²) < 4.78 is 23.7. The molecule has 2 heterocycles. The molecule has 1 aromatic carbocycles. The van der Waals surface area contributed by atoms with Crippen LogP contribution in [0.15, 0.2) is 24.3 Å². The zero-order chi connectivity index (χ0) is 20.6. The molecule has 9 heteroatoms. The van der Waals surface area contributed by atoms with E-state index in [0.29, 0.717) is 11.3 Å². The molecule has 3 aliphatic rings. The number of rotatable bonds is 4. The van der Waals surface area contributed by atoms with E-state index in [1.54, 1.807) is 24.3 Å². The van der Waals surface area contributed by atoms with E-state index in [4.69, 9.17) is 0 Å². The molecule has 4 amide bonds. The molecule has 0 bridgehead atoms. The van der Waals surface area contributed by atoms with E-state index in [9.17, 15) is 22.8 Å². The SMILES string of the molecule is O=C(Nc1cccc(CN2C(=O)[C@@H]3CS(=O)(=O)CCN3C2=O)c1)C1CCCCC1. The molecule has 0 unspecified atom stereocenters. The third-order valence-corrected chi connectivity index (χ3v) is 7.60. The summed E-state index contributed by atoms with van der Waals surface area (Å²) in [4.78, 5) is 40.2. The first kappa shape index (κ1) is 19.9. The third kappa shape index (κ3) is 4.14. The second-order valence-electron chi connectivity index (χ2n) is 8.06. The number of hydrogen-bond acceptors (Lipinski definition) is 5. The van der Waals surface area contributed by atoms with Crippen molar-refractivity contribution >= 4 is 33.4 Å². The van der Waals surface area contributed by atoms with Crippen LogP contribution in [0, 0.1) is 5.92 Å². The zero-order valence-corrected chi connectivity index (χ0v) is 17.0. The number of fused-ring (bicyclic) bond motifs is 1. The van der Waals surface area contributed by atoms with E-state index in [-0.39, 0.29) is 36.4 Å². The Bertz CT molecular complexity index is 939. The number of nitrogens with one attached hydrogen (secondary N) is 1. The van der Waals surface area contributed by atoms with Crippen LogP contribution in [0.4, 0.5) is 10.5 Å². The lowest BCUT2D eigenvalue weighted by Crippen LogP contribution is -2.48. The Labute approximate surface area is 170 Å². The van der Waals surface area contributed by atoms with Crippen molar-refractivity contribution in [2.24, 2.45) is 5.92 Å². The van der Waals surface area contributed by atoms with Crippen LogP contribution in [-0.4, -0.2) is 60.2 Å². The molecule has 1 saturated carbocycles. The highest BCUT2D eigenvalue weighted by Gasteiger charge is 2.49. The molecule has 1 aliphatic carbocycles. The number of imide groups is 1. The van der Waals surface area contributed by atoms with Crippen LogP contribution >= 0.6 is 0 Å². The Kier molecular flexibility index (Phi) is 5.33. The first-order valence-electron chi connectivity index (χ1n) is 10.1. The number of carbonyl (C=O) groups excluding carboxylic acids is 3.